The Hall–Kier alpha value is -1.44. The number of hydrogen-bond acceptors (Lipinski definition) is 5. The van der Waals surface area contributed by atoms with Crippen LogP contribution in [0.2, 0.25) is 0 Å². The summed E-state index contributed by atoms with van der Waals surface area (Å²) in [6.07, 6.45) is 6.98. The van der Waals surface area contributed by atoms with Gasteiger partial charge in [0.05, 0.1) is 23.1 Å². The summed E-state index contributed by atoms with van der Waals surface area (Å²) in [5, 5.41) is 3.19. The topological polar surface area (TPSA) is 84.7 Å². The van der Waals surface area contributed by atoms with Gasteiger partial charge in [-0.25, -0.2) is 0 Å². The van der Waals surface area contributed by atoms with Crippen molar-refractivity contribution in [1.82, 2.24) is 10.2 Å². The molecule has 7 heteroatoms. The Morgan fingerprint density at radius 3 is 2.70 bits per heavy atom. The number of amides is 2. The minimum Gasteiger partial charge on any atom is -0.370 e. The first-order chi connectivity index (χ1) is 13.0. The van der Waals surface area contributed by atoms with Crippen molar-refractivity contribution in [2.24, 2.45) is 5.73 Å². The number of piperidine rings is 1. The molecule has 1 aromatic rings. The fourth-order valence-corrected chi connectivity index (χ4v) is 5.78. The monoisotopic (exact) mass is 391 g/mol. The number of thiophene rings is 1. The quantitative estimate of drug-likeness (QED) is 0.827. The maximum Gasteiger partial charge on any atom is 0.261 e. The van der Waals surface area contributed by atoms with E-state index in [1.165, 1.54) is 23.3 Å². The fourth-order valence-electron chi connectivity index (χ4n) is 4.65. The molecule has 2 amide bonds. The maximum atomic E-state index is 12.7. The second kappa shape index (κ2) is 7.53. The van der Waals surface area contributed by atoms with Crippen molar-refractivity contribution >= 4 is 23.2 Å². The lowest BCUT2D eigenvalue weighted by atomic mass is 9.82. The molecule has 3 aliphatic rings. The molecule has 3 N–H and O–H groups in total. The SMILES string of the molecule is CC(N)C(=O)N1CCC2(CC1)OCCc1sc(C(=O)NC3CCCC3)cc12. The smallest absolute Gasteiger partial charge is 0.261 e. The highest BCUT2D eigenvalue weighted by Gasteiger charge is 2.43. The van der Waals surface area contributed by atoms with Crippen molar-refractivity contribution in [3.8, 4) is 0 Å². The largest absolute Gasteiger partial charge is 0.370 e. The molecule has 3 heterocycles. The molecular weight excluding hydrogens is 362 g/mol. The Morgan fingerprint density at radius 1 is 1.33 bits per heavy atom. The minimum absolute atomic E-state index is 0.00262. The van der Waals surface area contributed by atoms with Crippen molar-refractivity contribution in [2.75, 3.05) is 19.7 Å². The predicted octanol–water partition coefficient (Wildman–Crippen LogP) is 2.16. The third-order valence-corrected chi connectivity index (χ3v) is 7.39. The van der Waals surface area contributed by atoms with Crippen LogP contribution in [0.1, 0.15) is 65.6 Å². The molecule has 1 atom stereocenters. The van der Waals surface area contributed by atoms with E-state index in [-0.39, 0.29) is 17.4 Å². The van der Waals surface area contributed by atoms with E-state index in [2.05, 4.69) is 5.32 Å². The van der Waals surface area contributed by atoms with E-state index in [4.69, 9.17) is 10.5 Å². The average Bonchev–Trinajstić information content (AvgIpc) is 3.32. The molecule has 1 aliphatic carbocycles. The molecule has 2 fully saturated rings. The first-order valence-corrected chi connectivity index (χ1v) is 10.9. The molecule has 0 aromatic carbocycles. The van der Waals surface area contributed by atoms with E-state index in [1.807, 2.05) is 11.0 Å². The zero-order valence-electron chi connectivity index (χ0n) is 16.0. The van der Waals surface area contributed by atoms with Gasteiger partial charge in [-0.15, -0.1) is 11.3 Å². The van der Waals surface area contributed by atoms with Gasteiger partial charge in [0.15, 0.2) is 0 Å². The van der Waals surface area contributed by atoms with E-state index >= 15 is 0 Å². The Morgan fingerprint density at radius 2 is 2.04 bits per heavy atom. The van der Waals surface area contributed by atoms with Gasteiger partial charge < -0.3 is 20.7 Å². The molecule has 4 rings (SSSR count). The second-order valence-electron chi connectivity index (χ2n) is 8.11. The van der Waals surface area contributed by atoms with Gasteiger partial charge in [-0.05, 0) is 44.2 Å². The third kappa shape index (κ3) is 3.65. The highest BCUT2D eigenvalue weighted by molar-refractivity contribution is 7.14. The van der Waals surface area contributed by atoms with Crippen molar-refractivity contribution < 1.29 is 14.3 Å². The van der Waals surface area contributed by atoms with Crippen LogP contribution in [-0.4, -0.2) is 48.5 Å². The molecule has 27 heavy (non-hydrogen) atoms. The number of nitrogens with one attached hydrogen (secondary N) is 1. The van der Waals surface area contributed by atoms with Crippen LogP contribution < -0.4 is 11.1 Å². The number of hydrogen-bond donors (Lipinski definition) is 2. The molecule has 0 radical (unpaired) electrons. The van der Waals surface area contributed by atoms with E-state index in [9.17, 15) is 9.59 Å². The first-order valence-electron chi connectivity index (χ1n) is 10.1. The van der Waals surface area contributed by atoms with E-state index in [1.54, 1.807) is 18.3 Å². The zero-order chi connectivity index (χ0) is 19.0. The number of nitrogens with zero attached hydrogens (tertiary/aromatic N) is 1. The first kappa shape index (κ1) is 18.9. The molecule has 6 nitrogen and oxygen atoms in total. The van der Waals surface area contributed by atoms with Crippen LogP contribution in [0.5, 0.6) is 0 Å². The Labute approximate surface area is 164 Å². The normalized spacial score (nSPS) is 23.3. The molecule has 2 aliphatic heterocycles. The van der Waals surface area contributed by atoms with E-state index in [0.717, 1.165) is 37.0 Å². The standard InChI is InChI=1S/C20H29N3O3S/c1-13(21)19(25)23-9-7-20(8-10-23)15-12-17(27-16(15)6-11-26-20)18(24)22-14-4-2-3-5-14/h12-14H,2-11,21H2,1H3,(H,22,24). The molecule has 148 valence electrons. The van der Waals surface area contributed by atoms with E-state index < -0.39 is 6.04 Å². The molecule has 1 spiro atoms. The van der Waals surface area contributed by atoms with Crippen LogP contribution in [0.3, 0.4) is 0 Å². The number of fused-ring (bicyclic) bond motifs is 2. The summed E-state index contributed by atoms with van der Waals surface area (Å²) in [7, 11) is 0. The summed E-state index contributed by atoms with van der Waals surface area (Å²) < 4.78 is 6.25. The van der Waals surface area contributed by atoms with Crippen LogP contribution >= 0.6 is 11.3 Å². The predicted molar refractivity (Wildman–Crippen MR) is 105 cm³/mol. The third-order valence-electron chi connectivity index (χ3n) is 6.19. The maximum absolute atomic E-state index is 12.7. The molecule has 1 aromatic heterocycles. The number of carbonyl (C=O) groups excluding carboxylic acids is 2. The van der Waals surface area contributed by atoms with Crippen LogP contribution in [0.15, 0.2) is 6.07 Å². The number of rotatable bonds is 3. The van der Waals surface area contributed by atoms with Crippen molar-refractivity contribution in [2.45, 2.75) is 69.6 Å². The van der Waals surface area contributed by atoms with Gasteiger partial charge in [0, 0.05) is 30.4 Å². The Balaban J connectivity index is 1.49. The number of nitrogens with two attached hydrogens (primary N) is 1. The Kier molecular flexibility index (Phi) is 5.27. The van der Waals surface area contributed by atoms with Gasteiger partial charge in [0.2, 0.25) is 5.91 Å². The summed E-state index contributed by atoms with van der Waals surface area (Å²) in [5.41, 5.74) is 6.56. The van der Waals surface area contributed by atoms with Gasteiger partial charge >= 0.3 is 0 Å². The van der Waals surface area contributed by atoms with E-state index in [0.29, 0.717) is 25.7 Å². The fraction of sp³-hybridized carbons (Fsp3) is 0.700. The van der Waals surface area contributed by atoms with Gasteiger partial charge in [-0.3, -0.25) is 9.59 Å². The van der Waals surface area contributed by atoms with Crippen LogP contribution in [0, 0.1) is 0 Å². The average molecular weight is 392 g/mol. The summed E-state index contributed by atoms with van der Waals surface area (Å²) in [5.74, 6) is 0.0591. The van der Waals surface area contributed by atoms with Crippen molar-refractivity contribution in [3.05, 3.63) is 21.4 Å². The van der Waals surface area contributed by atoms with Crippen LogP contribution in [-0.2, 0) is 21.6 Å². The summed E-state index contributed by atoms with van der Waals surface area (Å²) in [4.78, 5) is 28.8. The molecule has 0 bridgehead atoms. The molecule has 1 saturated heterocycles. The van der Waals surface area contributed by atoms with Gasteiger partial charge in [-0.1, -0.05) is 12.8 Å². The number of ether oxygens (including phenoxy) is 1. The lowest BCUT2D eigenvalue weighted by molar-refractivity contribution is -0.141. The highest BCUT2D eigenvalue weighted by atomic mass is 32.1. The minimum atomic E-state index is -0.464. The Bertz CT molecular complexity index is 716. The summed E-state index contributed by atoms with van der Waals surface area (Å²) in [6, 6.07) is 1.91. The lowest BCUT2D eigenvalue weighted by Gasteiger charge is -2.44. The molecular formula is C20H29N3O3S. The van der Waals surface area contributed by atoms with Gasteiger partial charge in [-0.2, -0.15) is 0 Å². The zero-order valence-corrected chi connectivity index (χ0v) is 16.8. The second-order valence-corrected chi connectivity index (χ2v) is 9.25. The highest BCUT2D eigenvalue weighted by Crippen LogP contribution is 2.44. The van der Waals surface area contributed by atoms with Crippen LogP contribution in [0.4, 0.5) is 0 Å². The number of carbonyl (C=O) groups is 2. The molecule has 1 unspecified atom stereocenters. The van der Waals surface area contributed by atoms with Crippen molar-refractivity contribution in [1.29, 1.82) is 0 Å². The summed E-state index contributed by atoms with van der Waals surface area (Å²) in [6.45, 7) is 3.72. The summed E-state index contributed by atoms with van der Waals surface area (Å²) >= 11 is 1.61. The molecule has 1 saturated carbocycles. The lowest BCUT2D eigenvalue weighted by Crippen LogP contribution is -2.51. The van der Waals surface area contributed by atoms with Gasteiger partial charge in [0.25, 0.3) is 5.91 Å². The number of likely N-dealkylation sites (tertiary alicyclic amines) is 1. The van der Waals surface area contributed by atoms with Crippen LogP contribution in [0.25, 0.3) is 0 Å². The van der Waals surface area contributed by atoms with Crippen molar-refractivity contribution in [3.63, 3.8) is 0 Å². The van der Waals surface area contributed by atoms with Gasteiger partial charge in [0.1, 0.15) is 0 Å².